The van der Waals surface area contributed by atoms with E-state index < -0.39 is 0 Å². The van der Waals surface area contributed by atoms with Gasteiger partial charge in [0.05, 0.1) is 4.92 Å². The van der Waals surface area contributed by atoms with Crippen molar-refractivity contribution in [1.29, 1.82) is 0 Å². The number of amides is 1. The molecule has 0 bridgehead atoms. The molecule has 2 N–H and O–H groups in total. The maximum Gasteiger partial charge on any atom is 0.292 e. The van der Waals surface area contributed by atoms with Gasteiger partial charge in [0.1, 0.15) is 5.69 Å². The van der Waals surface area contributed by atoms with Gasteiger partial charge in [0.15, 0.2) is 0 Å². The minimum atomic E-state index is -0.347. The number of benzene rings is 1. The van der Waals surface area contributed by atoms with Crippen molar-refractivity contribution in [2.45, 2.75) is 26.2 Å². The zero-order chi connectivity index (χ0) is 14.7. The number of carbonyl (C=O) groups is 1. The van der Waals surface area contributed by atoms with E-state index in [0.717, 1.165) is 24.9 Å². The molecule has 1 aromatic rings. The van der Waals surface area contributed by atoms with Crippen molar-refractivity contribution in [1.82, 2.24) is 0 Å². The van der Waals surface area contributed by atoms with Gasteiger partial charge < -0.3 is 10.6 Å². The second-order valence-corrected chi connectivity index (χ2v) is 5.37. The third-order valence-electron chi connectivity index (χ3n) is 3.68. The molecule has 1 aliphatic rings. The highest BCUT2D eigenvalue weighted by atomic mass is 16.6. The van der Waals surface area contributed by atoms with Crippen LogP contribution in [0.25, 0.3) is 0 Å². The van der Waals surface area contributed by atoms with E-state index >= 15 is 0 Å². The molecule has 1 amide bonds. The van der Waals surface area contributed by atoms with Crippen LogP contribution >= 0.6 is 0 Å². The molecule has 0 aliphatic carbocycles. The van der Waals surface area contributed by atoms with Crippen LogP contribution in [0.5, 0.6) is 0 Å². The predicted molar refractivity (Wildman–Crippen MR) is 76.6 cm³/mol. The van der Waals surface area contributed by atoms with E-state index in [-0.39, 0.29) is 22.4 Å². The fraction of sp³-hybridized carbons (Fsp3) is 0.500. The predicted octanol–water partition coefficient (Wildman–Crippen LogP) is 2.00. The van der Waals surface area contributed by atoms with Crippen LogP contribution in [-0.4, -0.2) is 23.9 Å². The van der Waals surface area contributed by atoms with Crippen LogP contribution in [0.2, 0.25) is 0 Å². The molecular weight excluding hydrogens is 258 g/mol. The monoisotopic (exact) mass is 277 g/mol. The molecule has 2 rings (SSSR count). The maximum absolute atomic E-state index is 11.2. The van der Waals surface area contributed by atoms with Gasteiger partial charge in [-0.05, 0) is 37.3 Å². The number of nitro groups is 1. The Balaban J connectivity index is 2.22. The third-order valence-corrected chi connectivity index (χ3v) is 3.68. The molecule has 6 heteroatoms. The minimum Gasteiger partial charge on any atom is -0.370 e. The molecule has 0 saturated carbocycles. The van der Waals surface area contributed by atoms with Crippen LogP contribution in [0.4, 0.5) is 11.4 Å². The fourth-order valence-electron chi connectivity index (χ4n) is 2.78. The van der Waals surface area contributed by atoms with Crippen molar-refractivity contribution in [2.75, 3.05) is 18.0 Å². The number of nitrogens with two attached hydrogens (primary N) is 1. The third kappa shape index (κ3) is 3.26. The fourth-order valence-corrected chi connectivity index (χ4v) is 2.78. The normalized spacial score (nSPS) is 18.9. The SMILES string of the molecule is Cc1ccc(N2CCCC(CC(N)=O)C2)c([N+](=O)[O-])c1. The lowest BCUT2D eigenvalue weighted by Gasteiger charge is -2.33. The molecule has 1 aromatic carbocycles. The molecule has 20 heavy (non-hydrogen) atoms. The van der Waals surface area contributed by atoms with Gasteiger partial charge in [-0.3, -0.25) is 14.9 Å². The molecule has 1 fully saturated rings. The lowest BCUT2D eigenvalue weighted by Crippen LogP contribution is -2.37. The Kier molecular flexibility index (Phi) is 4.22. The quantitative estimate of drug-likeness (QED) is 0.673. The first kappa shape index (κ1) is 14.3. The summed E-state index contributed by atoms with van der Waals surface area (Å²) in [5.74, 6) is -0.127. The lowest BCUT2D eigenvalue weighted by molar-refractivity contribution is -0.384. The Hall–Kier alpha value is -2.11. The van der Waals surface area contributed by atoms with E-state index in [1.165, 1.54) is 0 Å². The molecular formula is C14H19N3O3. The number of anilines is 1. The Morgan fingerprint density at radius 3 is 2.95 bits per heavy atom. The van der Waals surface area contributed by atoms with E-state index in [0.29, 0.717) is 18.7 Å². The highest BCUT2D eigenvalue weighted by Crippen LogP contribution is 2.32. The molecule has 1 atom stereocenters. The van der Waals surface area contributed by atoms with Gasteiger partial charge in [-0.2, -0.15) is 0 Å². The Morgan fingerprint density at radius 1 is 1.55 bits per heavy atom. The van der Waals surface area contributed by atoms with Crippen molar-refractivity contribution in [2.24, 2.45) is 11.7 Å². The molecule has 0 spiro atoms. The first-order chi connectivity index (χ1) is 9.47. The Labute approximate surface area is 117 Å². The van der Waals surface area contributed by atoms with Crippen LogP contribution < -0.4 is 10.6 Å². The molecule has 1 aliphatic heterocycles. The van der Waals surface area contributed by atoms with E-state index in [9.17, 15) is 14.9 Å². The summed E-state index contributed by atoms with van der Waals surface area (Å²) in [6, 6.07) is 5.26. The summed E-state index contributed by atoms with van der Waals surface area (Å²) in [5.41, 5.74) is 6.87. The topological polar surface area (TPSA) is 89.5 Å². The summed E-state index contributed by atoms with van der Waals surface area (Å²) < 4.78 is 0. The van der Waals surface area contributed by atoms with Gasteiger partial charge in [-0.25, -0.2) is 0 Å². The van der Waals surface area contributed by atoms with E-state index in [4.69, 9.17) is 5.73 Å². The summed E-state index contributed by atoms with van der Waals surface area (Å²) in [7, 11) is 0. The van der Waals surface area contributed by atoms with Crippen molar-refractivity contribution in [3.63, 3.8) is 0 Å². The van der Waals surface area contributed by atoms with Crippen molar-refractivity contribution < 1.29 is 9.72 Å². The van der Waals surface area contributed by atoms with Gasteiger partial charge in [-0.1, -0.05) is 6.07 Å². The van der Waals surface area contributed by atoms with Crippen LogP contribution in [0, 0.1) is 23.0 Å². The number of nitro benzene ring substituents is 1. The van der Waals surface area contributed by atoms with Crippen molar-refractivity contribution in [3.8, 4) is 0 Å². The van der Waals surface area contributed by atoms with Crippen LogP contribution in [0.1, 0.15) is 24.8 Å². The van der Waals surface area contributed by atoms with Gasteiger partial charge in [-0.15, -0.1) is 0 Å². The number of primary amides is 1. The highest BCUT2D eigenvalue weighted by molar-refractivity contribution is 5.74. The molecule has 0 radical (unpaired) electrons. The molecule has 1 heterocycles. The molecule has 6 nitrogen and oxygen atoms in total. The van der Waals surface area contributed by atoms with E-state index in [2.05, 4.69) is 0 Å². The van der Waals surface area contributed by atoms with Gasteiger partial charge in [0.25, 0.3) is 5.69 Å². The number of rotatable bonds is 4. The Bertz CT molecular complexity index is 530. The lowest BCUT2D eigenvalue weighted by atomic mass is 9.94. The smallest absolute Gasteiger partial charge is 0.292 e. The van der Waals surface area contributed by atoms with Crippen LogP contribution in [0.3, 0.4) is 0 Å². The van der Waals surface area contributed by atoms with Crippen molar-refractivity contribution in [3.05, 3.63) is 33.9 Å². The molecule has 108 valence electrons. The Morgan fingerprint density at radius 2 is 2.30 bits per heavy atom. The van der Waals surface area contributed by atoms with E-state index in [1.807, 2.05) is 17.9 Å². The summed E-state index contributed by atoms with van der Waals surface area (Å²) in [6.45, 7) is 3.26. The second-order valence-electron chi connectivity index (χ2n) is 5.37. The number of piperidine rings is 1. The average Bonchev–Trinajstić information content (AvgIpc) is 2.38. The van der Waals surface area contributed by atoms with Crippen LogP contribution in [-0.2, 0) is 4.79 Å². The first-order valence-corrected chi connectivity index (χ1v) is 6.75. The molecule has 1 saturated heterocycles. The number of hydrogen-bond donors (Lipinski definition) is 1. The largest absolute Gasteiger partial charge is 0.370 e. The second kappa shape index (κ2) is 5.90. The summed E-state index contributed by atoms with van der Waals surface area (Å²) >= 11 is 0. The number of carbonyl (C=O) groups excluding carboxylic acids is 1. The van der Waals surface area contributed by atoms with Crippen LogP contribution in [0.15, 0.2) is 18.2 Å². The zero-order valence-corrected chi connectivity index (χ0v) is 11.5. The maximum atomic E-state index is 11.2. The van der Waals surface area contributed by atoms with Gasteiger partial charge in [0, 0.05) is 25.6 Å². The standard InChI is InChI=1S/C14H19N3O3/c1-10-4-5-12(13(7-10)17(19)20)16-6-2-3-11(9-16)8-14(15)18/h4-5,7,11H,2-3,6,8-9H2,1H3,(H2,15,18). The first-order valence-electron chi connectivity index (χ1n) is 6.75. The van der Waals surface area contributed by atoms with Crippen molar-refractivity contribution >= 4 is 17.3 Å². The number of nitrogens with zero attached hydrogens (tertiary/aromatic N) is 2. The van der Waals surface area contributed by atoms with Gasteiger partial charge in [0.2, 0.25) is 5.91 Å². The summed E-state index contributed by atoms with van der Waals surface area (Å²) in [6.07, 6.45) is 2.21. The molecule has 1 unspecified atom stereocenters. The number of hydrogen-bond acceptors (Lipinski definition) is 4. The molecule has 0 aromatic heterocycles. The van der Waals surface area contributed by atoms with E-state index in [1.54, 1.807) is 12.1 Å². The minimum absolute atomic E-state index is 0.129. The highest BCUT2D eigenvalue weighted by Gasteiger charge is 2.26. The summed E-state index contributed by atoms with van der Waals surface area (Å²) in [5, 5.41) is 11.2. The average molecular weight is 277 g/mol. The zero-order valence-electron chi connectivity index (χ0n) is 11.5. The summed E-state index contributed by atoms with van der Waals surface area (Å²) in [4.78, 5) is 23.9. The van der Waals surface area contributed by atoms with Gasteiger partial charge >= 0.3 is 0 Å². The number of aryl methyl sites for hydroxylation is 1.